The quantitative estimate of drug-likeness (QED) is 0.135. The fourth-order valence-corrected chi connectivity index (χ4v) is 0. The summed E-state index contributed by atoms with van der Waals surface area (Å²) in [5.41, 5.74) is 2.67. The molecule has 0 radical (unpaired) electrons. The summed E-state index contributed by atoms with van der Waals surface area (Å²) < 4.78 is 0. The van der Waals surface area contributed by atoms with Gasteiger partial charge >= 0.3 is 17.1 Å². The summed E-state index contributed by atoms with van der Waals surface area (Å²) in [6, 6.07) is 0. The van der Waals surface area contributed by atoms with Crippen LogP contribution in [0.2, 0.25) is 0 Å². The first-order valence-electron chi connectivity index (χ1n) is 1.89. The Kier molecular flexibility index (Phi) is 17.6. The van der Waals surface area contributed by atoms with Crippen LogP contribution in [0, 0.1) is 0 Å². The van der Waals surface area contributed by atoms with Crippen molar-refractivity contribution in [3.63, 3.8) is 0 Å². The van der Waals surface area contributed by atoms with Gasteiger partial charge in [0.05, 0.1) is 0 Å². The normalized spacial score (nSPS) is 6.00. The van der Waals surface area contributed by atoms with Gasteiger partial charge in [-0.05, 0) is 0 Å². The summed E-state index contributed by atoms with van der Waals surface area (Å²) in [6.45, 7) is 0. The fourth-order valence-electron chi connectivity index (χ4n) is 0. The van der Waals surface area contributed by atoms with Crippen molar-refractivity contribution in [3.8, 4) is 0 Å². The van der Waals surface area contributed by atoms with Crippen molar-refractivity contribution in [3.05, 3.63) is 0 Å². The van der Waals surface area contributed by atoms with Crippen molar-refractivity contribution in [1.29, 1.82) is 0 Å². The number of hydrogen-bond acceptors (Lipinski definition) is 6. The Morgan fingerprint density at radius 2 is 1.09 bits per heavy atom. The molecule has 0 aromatic rings. The Morgan fingerprint density at radius 1 is 1.00 bits per heavy atom. The zero-order chi connectivity index (χ0) is 8.57. The first-order chi connectivity index (χ1) is 4.54. The van der Waals surface area contributed by atoms with Gasteiger partial charge in [-0.1, -0.05) is 0 Å². The van der Waals surface area contributed by atoms with Crippen LogP contribution in [0.1, 0.15) is 0 Å². The number of nitrogens with one attached hydrogen (secondary N) is 2. The van der Waals surface area contributed by atoms with Crippen molar-refractivity contribution in [2.75, 3.05) is 0 Å². The Bertz CT molecular complexity index is 105. The van der Waals surface area contributed by atoms with Gasteiger partial charge in [-0.15, -0.1) is 0 Å². The van der Waals surface area contributed by atoms with Gasteiger partial charge < -0.3 is 30.7 Å². The molecule has 9 heteroatoms. The smallest absolute Gasteiger partial charge is 0.529 e. The van der Waals surface area contributed by atoms with E-state index in [1.54, 1.807) is 0 Å². The topological polar surface area (TPSA) is 156 Å². The molecule has 0 aliphatic carbocycles. The number of hydrazine groups is 2. The number of carbonyl (C=O) groups excluding carboxylic acids is 2. The van der Waals surface area contributed by atoms with Crippen LogP contribution in [0.25, 0.3) is 0 Å². The van der Waals surface area contributed by atoms with E-state index in [9.17, 15) is 0 Å². The van der Waals surface area contributed by atoms with Gasteiger partial charge in [0.25, 0.3) is 0 Å². The molecule has 0 unspecified atom stereocenters. The van der Waals surface area contributed by atoms with Crippen molar-refractivity contribution in [2.45, 2.75) is 0 Å². The van der Waals surface area contributed by atoms with Gasteiger partial charge in [0.2, 0.25) is 0 Å². The number of nitrogens with two attached hydrogens (primary N) is 2. The van der Waals surface area contributed by atoms with Gasteiger partial charge in [-0.25, -0.2) is 11.7 Å². The van der Waals surface area contributed by atoms with E-state index in [0.29, 0.717) is 0 Å². The van der Waals surface area contributed by atoms with Gasteiger partial charge in [0, 0.05) is 0 Å². The molecule has 8 nitrogen and oxygen atoms in total. The number of carboxylic acid groups (broad SMARTS) is 2. The van der Waals surface area contributed by atoms with Crippen molar-refractivity contribution < 1.29 is 36.9 Å². The first-order valence-corrected chi connectivity index (χ1v) is 1.89. The van der Waals surface area contributed by atoms with Crippen molar-refractivity contribution in [1.82, 2.24) is 10.9 Å². The van der Waals surface area contributed by atoms with Gasteiger partial charge in [0.15, 0.2) is 0 Å². The van der Waals surface area contributed by atoms with E-state index in [0.717, 1.165) is 0 Å². The Labute approximate surface area is 72.3 Å². The SMILES string of the molecule is NNC(=O)[O-].NNC(=O)[O-].[Fe+2]. The molecular formula is C2H6FeN4O4. The molecule has 11 heavy (non-hydrogen) atoms. The number of hydrogen-bond donors (Lipinski definition) is 4. The maximum absolute atomic E-state index is 9.02. The Morgan fingerprint density at radius 3 is 1.09 bits per heavy atom. The summed E-state index contributed by atoms with van der Waals surface area (Å²) >= 11 is 0. The molecule has 0 bridgehead atoms. The van der Waals surface area contributed by atoms with E-state index in [2.05, 4.69) is 11.7 Å². The summed E-state index contributed by atoms with van der Waals surface area (Å²) in [5.74, 6) is 8.52. The molecule has 0 aromatic heterocycles. The summed E-state index contributed by atoms with van der Waals surface area (Å²) in [7, 11) is 0. The molecule has 6 N–H and O–H groups in total. The first kappa shape index (κ1) is 16.5. The second kappa shape index (κ2) is 11.7. The van der Waals surface area contributed by atoms with Gasteiger partial charge in [-0.2, -0.15) is 0 Å². The van der Waals surface area contributed by atoms with Crippen LogP contribution in [0.3, 0.4) is 0 Å². The van der Waals surface area contributed by atoms with E-state index < -0.39 is 12.2 Å². The van der Waals surface area contributed by atoms with E-state index in [1.807, 2.05) is 0 Å². The minimum atomic E-state index is -1.47. The molecule has 0 aromatic carbocycles. The molecule has 0 heterocycles. The molecule has 0 aliphatic rings. The summed E-state index contributed by atoms with van der Waals surface area (Å²) in [5, 5.41) is 18.0. The molecule has 0 saturated carbocycles. The van der Waals surface area contributed by atoms with Gasteiger partial charge in [0.1, 0.15) is 12.2 Å². The average Bonchev–Trinajstić information content (AvgIpc) is 1.89. The minimum Gasteiger partial charge on any atom is -0.529 e. The van der Waals surface area contributed by atoms with E-state index in [4.69, 9.17) is 19.8 Å². The zero-order valence-corrected chi connectivity index (χ0v) is 6.25. The third kappa shape index (κ3) is 49.3. The molecule has 0 fully saturated rings. The van der Waals surface area contributed by atoms with Gasteiger partial charge in [-0.3, -0.25) is 0 Å². The van der Waals surface area contributed by atoms with Crippen LogP contribution in [-0.4, -0.2) is 12.2 Å². The average molecular weight is 206 g/mol. The molecule has 0 atom stereocenters. The molecule has 2 amide bonds. The van der Waals surface area contributed by atoms with Crippen LogP contribution in [0.5, 0.6) is 0 Å². The Balaban J connectivity index is -0.000000107. The summed E-state index contributed by atoms with van der Waals surface area (Å²) in [4.78, 5) is 18.0. The second-order valence-corrected chi connectivity index (χ2v) is 0.864. The number of amides is 2. The predicted octanol–water partition coefficient (Wildman–Crippen LogP) is -4.42. The molecule has 0 saturated heterocycles. The number of carbonyl (C=O) groups is 2. The van der Waals surface area contributed by atoms with Crippen LogP contribution in [-0.2, 0) is 17.1 Å². The van der Waals surface area contributed by atoms with E-state index in [1.165, 1.54) is 10.9 Å². The minimum absolute atomic E-state index is 0. The summed E-state index contributed by atoms with van der Waals surface area (Å²) in [6.07, 6.45) is -2.94. The maximum atomic E-state index is 9.02. The van der Waals surface area contributed by atoms with Crippen molar-refractivity contribution in [2.24, 2.45) is 11.7 Å². The van der Waals surface area contributed by atoms with Crippen LogP contribution in [0.4, 0.5) is 9.59 Å². The standard InChI is InChI=1S/2CH4N2O2.Fe/c2*2-3-1(4)5;/h2*3H,2H2,(H,4,5);/q;;+2/p-2. The molecule has 0 rings (SSSR count). The maximum Gasteiger partial charge on any atom is 2.00 e. The third-order valence-electron chi connectivity index (χ3n) is 0.236. The van der Waals surface area contributed by atoms with E-state index in [-0.39, 0.29) is 17.1 Å². The molecular weight excluding hydrogens is 200 g/mol. The molecule has 66 valence electrons. The fraction of sp³-hybridized carbons (Fsp3) is 0. The van der Waals surface area contributed by atoms with Crippen LogP contribution < -0.4 is 32.7 Å². The molecule has 0 aliphatic heterocycles. The van der Waals surface area contributed by atoms with Crippen LogP contribution in [0.15, 0.2) is 0 Å². The zero-order valence-electron chi connectivity index (χ0n) is 5.14. The molecule has 0 spiro atoms. The predicted molar refractivity (Wildman–Crippen MR) is 25.4 cm³/mol. The van der Waals surface area contributed by atoms with Crippen molar-refractivity contribution >= 4 is 12.2 Å². The third-order valence-corrected chi connectivity index (χ3v) is 0.236. The Hall–Kier alpha value is -1.02. The second-order valence-electron chi connectivity index (χ2n) is 0.864. The van der Waals surface area contributed by atoms with Crippen LogP contribution >= 0.6 is 0 Å². The largest absolute Gasteiger partial charge is 2.00 e. The number of rotatable bonds is 0. The monoisotopic (exact) mass is 206 g/mol. The van der Waals surface area contributed by atoms with E-state index >= 15 is 0 Å².